The van der Waals surface area contributed by atoms with Crippen LogP contribution in [0, 0.1) is 0 Å². The van der Waals surface area contributed by atoms with Crippen molar-refractivity contribution in [2.24, 2.45) is 5.73 Å². The molecule has 0 heterocycles. The third-order valence-corrected chi connectivity index (χ3v) is 3.51. The predicted molar refractivity (Wildman–Crippen MR) is 64.3 cm³/mol. The Balaban J connectivity index is 2.55. The van der Waals surface area contributed by atoms with Crippen molar-refractivity contribution in [3.8, 4) is 11.5 Å². The first-order valence-corrected chi connectivity index (χ1v) is 5.72. The summed E-state index contributed by atoms with van der Waals surface area (Å²) in [6, 6.07) is 3.52. The number of hydrogen-bond donors (Lipinski definition) is 1. The summed E-state index contributed by atoms with van der Waals surface area (Å²) in [7, 11) is 3.16. The molecule has 0 amide bonds. The number of hydrogen-bond acceptors (Lipinski definition) is 3. The molecule has 0 spiro atoms. The summed E-state index contributed by atoms with van der Waals surface area (Å²) in [5.41, 5.74) is 7.37. The van der Waals surface area contributed by atoms with Gasteiger partial charge in [-0.15, -0.1) is 0 Å². The lowest BCUT2D eigenvalue weighted by Crippen LogP contribution is -2.21. The normalized spacial score (nSPS) is 16.7. The summed E-state index contributed by atoms with van der Waals surface area (Å²) in [5, 5.41) is 0. The summed E-state index contributed by atoms with van der Waals surface area (Å²) in [6.07, 6.45) is 2.05. The van der Waals surface area contributed by atoms with Gasteiger partial charge in [-0.3, -0.25) is 0 Å². The number of benzene rings is 1. The van der Waals surface area contributed by atoms with Crippen molar-refractivity contribution in [2.45, 2.75) is 24.9 Å². The number of ether oxygens (including phenoxy) is 2. The van der Waals surface area contributed by atoms with Crippen LogP contribution in [0.4, 0.5) is 4.39 Å². The smallest absolute Gasteiger partial charge is 0.164 e. The molecule has 0 aliphatic heterocycles. The van der Waals surface area contributed by atoms with Crippen LogP contribution in [0.3, 0.4) is 0 Å². The van der Waals surface area contributed by atoms with E-state index in [1.807, 2.05) is 6.07 Å². The van der Waals surface area contributed by atoms with Crippen molar-refractivity contribution in [3.63, 3.8) is 0 Å². The van der Waals surface area contributed by atoms with E-state index >= 15 is 0 Å². The minimum absolute atomic E-state index is 0.0379. The maximum absolute atomic E-state index is 12.8. The Morgan fingerprint density at radius 2 is 2.00 bits per heavy atom. The van der Waals surface area contributed by atoms with Gasteiger partial charge in [0.2, 0.25) is 0 Å². The number of nitrogens with two attached hydrogens (primary N) is 1. The Kier molecular flexibility index (Phi) is 3.24. The molecule has 4 heteroatoms. The fraction of sp³-hybridized carbons (Fsp3) is 0.538. The molecular weight excluding hydrogens is 221 g/mol. The molecule has 1 aromatic rings. The van der Waals surface area contributed by atoms with E-state index in [-0.39, 0.29) is 5.41 Å². The Hall–Kier alpha value is -1.29. The van der Waals surface area contributed by atoms with Gasteiger partial charge in [0.25, 0.3) is 0 Å². The molecule has 3 nitrogen and oxygen atoms in total. The SMILES string of the molecule is COc1cc(CF)cc(C2(CN)CC2)c1OC. The molecule has 1 aromatic carbocycles. The van der Waals surface area contributed by atoms with Gasteiger partial charge in [-0.05, 0) is 30.5 Å². The third kappa shape index (κ3) is 1.97. The summed E-state index contributed by atoms with van der Waals surface area (Å²) in [4.78, 5) is 0. The Morgan fingerprint density at radius 3 is 2.41 bits per heavy atom. The van der Waals surface area contributed by atoms with Crippen LogP contribution in [0.15, 0.2) is 12.1 Å². The van der Waals surface area contributed by atoms with Gasteiger partial charge in [0.05, 0.1) is 14.2 Å². The first-order valence-electron chi connectivity index (χ1n) is 5.72. The van der Waals surface area contributed by atoms with Crippen molar-refractivity contribution in [1.82, 2.24) is 0 Å². The van der Waals surface area contributed by atoms with Crippen LogP contribution in [0.25, 0.3) is 0 Å². The lowest BCUT2D eigenvalue weighted by Gasteiger charge is -2.20. The molecule has 1 aliphatic carbocycles. The third-order valence-electron chi connectivity index (χ3n) is 3.51. The highest BCUT2D eigenvalue weighted by Gasteiger charge is 2.45. The minimum Gasteiger partial charge on any atom is -0.493 e. The molecule has 94 valence electrons. The summed E-state index contributed by atoms with van der Waals surface area (Å²) >= 11 is 0. The van der Waals surface area contributed by atoms with Crippen molar-refractivity contribution >= 4 is 0 Å². The molecule has 0 saturated heterocycles. The average Bonchev–Trinajstić information content (AvgIpc) is 3.17. The molecule has 0 bridgehead atoms. The van der Waals surface area contributed by atoms with E-state index in [1.165, 1.54) is 0 Å². The molecule has 1 saturated carbocycles. The lowest BCUT2D eigenvalue weighted by atomic mass is 9.93. The number of methoxy groups -OCH3 is 2. The maximum Gasteiger partial charge on any atom is 0.164 e. The van der Waals surface area contributed by atoms with Crippen LogP contribution in [0.2, 0.25) is 0 Å². The second kappa shape index (κ2) is 4.53. The van der Waals surface area contributed by atoms with Gasteiger partial charge >= 0.3 is 0 Å². The molecule has 0 atom stereocenters. The second-order valence-electron chi connectivity index (χ2n) is 4.50. The fourth-order valence-electron chi connectivity index (χ4n) is 2.23. The van der Waals surface area contributed by atoms with Crippen LogP contribution in [0.5, 0.6) is 11.5 Å². The maximum atomic E-state index is 12.8. The van der Waals surface area contributed by atoms with E-state index in [2.05, 4.69) is 0 Å². The first kappa shape index (κ1) is 12.2. The molecule has 17 heavy (non-hydrogen) atoms. The second-order valence-corrected chi connectivity index (χ2v) is 4.50. The van der Waals surface area contributed by atoms with E-state index < -0.39 is 6.67 Å². The number of alkyl halides is 1. The molecule has 0 unspecified atom stereocenters. The van der Waals surface area contributed by atoms with Gasteiger partial charge < -0.3 is 15.2 Å². The van der Waals surface area contributed by atoms with Crippen LogP contribution in [-0.4, -0.2) is 20.8 Å². The quantitative estimate of drug-likeness (QED) is 0.856. The molecule has 0 aromatic heterocycles. The summed E-state index contributed by atoms with van der Waals surface area (Å²) in [6.45, 7) is 0.0518. The zero-order chi connectivity index (χ0) is 12.5. The highest BCUT2D eigenvalue weighted by atomic mass is 19.1. The van der Waals surface area contributed by atoms with Crippen molar-refractivity contribution in [1.29, 1.82) is 0 Å². The Bertz CT molecular complexity index is 416. The van der Waals surface area contributed by atoms with Gasteiger partial charge in [0.15, 0.2) is 11.5 Å². The Labute approximate surface area is 101 Å². The molecule has 1 fully saturated rings. The van der Waals surface area contributed by atoms with E-state index in [0.29, 0.717) is 23.6 Å². The van der Waals surface area contributed by atoms with Crippen LogP contribution in [-0.2, 0) is 12.1 Å². The summed E-state index contributed by atoms with van der Waals surface area (Å²) < 4.78 is 23.5. The lowest BCUT2D eigenvalue weighted by molar-refractivity contribution is 0.347. The van der Waals surface area contributed by atoms with Gasteiger partial charge in [-0.2, -0.15) is 0 Å². The van der Waals surface area contributed by atoms with Crippen molar-refractivity contribution in [2.75, 3.05) is 20.8 Å². The van der Waals surface area contributed by atoms with Crippen LogP contribution >= 0.6 is 0 Å². The zero-order valence-electron chi connectivity index (χ0n) is 10.3. The largest absolute Gasteiger partial charge is 0.493 e. The van der Waals surface area contributed by atoms with Gasteiger partial charge in [-0.25, -0.2) is 4.39 Å². The number of halogens is 1. The first-order chi connectivity index (χ1) is 8.20. The van der Waals surface area contributed by atoms with E-state index in [9.17, 15) is 4.39 Å². The monoisotopic (exact) mass is 239 g/mol. The fourth-order valence-corrected chi connectivity index (χ4v) is 2.23. The highest BCUT2D eigenvalue weighted by molar-refractivity contribution is 5.54. The highest BCUT2D eigenvalue weighted by Crippen LogP contribution is 2.52. The Morgan fingerprint density at radius 1 is 1.29 bits per heavy atom. The van der Waals surface area contributed by atoms with E-state index in [1.54, 1.807) is 20.3 Å². The van der Waals surface area contributed by atoms with Gasteiger partial charge in [-0.1, -0.05) is 0 Å². The summed E-state index contributed by atoms with van der Waals surface area (Å²) in [5.74, 6) is 1.27. The van der Waals surface area contributed by atoms with Crippen molar-refractivity contribution < 1.29 is 13.9 Å². The van der Waals surface area contributed by atoms with Crippen LogP contribution < -0.4 is 15.2 Å². The zero-order valence-corrected chi connectivity index (χ0v) is 10.3. The van der Waals surface area contributed by atoms with Crippen LogP contribution in [0.1, 0.15) is 24.0 Å². The molecule has 2 rings (SSSR count). The topological polar surface area (TPSA) is 44.5 Å². The van der Waals surface area contributed by atoms with Gasteiger partial charge in [0, 0.05) is 17.5 Å². The molecular formula is C13H18FNO2. The van der Waals surface area contributed by atoms with E-state index in [4.69, 9.17) is 15.2 Å². The van der Waals surface area contributed by atoms with E-state index in [0.717, 1.165) is 18.4 Å². The molecule has 0 radical (unpaired) electrons. The minimum atomic E-state index is -0.506. The predicted octanol–water partition coefficient (Wildman–Crippen LogP) is 2.16. The average molecular weight is 239 g/mol. The van der Waals surface area contributed by atoms with Crippen molar-refractivity contribution in [3.05, 3.63) is 23.3 Å². The molecule has 2 N–H and O–H groups in total. The molecule has 1 aliphatic rings. The standard InChI is InChI=1S/C13H18FNO2/c1-16-11-6-9(7-14)5-10(12(11)17-2)13(8-15)3-4-13/h5-6H,3-4,7-8,15H2,1-2H3. The number of rotatable bonds is 5. The van der Waals surface area contributed by atoms with Gasteiger partial charge in [0.1, 0.15) is 6.67 Å².